The van der Waals surface area contributed by atoms with Crippen molar-refractivity contribution in [2.75, 3.05) is 10.9 Å². The van der Waals surface area contributed by atoms with Crippen molar-refractivity contribution in [2.45, 2.75) is 13.0 Å². The van der Waals surface area contributed by atoms with Crippen LogP contribution in [0.4, 0.5) is 11.4 Å². The Bertz CT molecular complexity index is 1060. The highest BCUT2D eigenvalue weighted by atomic mass is 16.1. The van der Waals surface area contributed by atoms with Crippen LogP contribution < -0.4 is 10.9 Å². The number of hydrogen-bond donors (Lipinski definition) is 2. The molecule has 2 unspecified atom stereocenters. The number of nitrogens with zero attached hydrogens (tertiary/aromatic N) is 2. The van der Waals surface area contributed by atoms with E-state index in [1.54, 1.807) is 5.12 Å². The minimum atomic E-state index is -0.0942. The van der Waals surface area contributed by atoms with Gasteiger partial charge in [-0.05, 0) is 36.8 Å². The summed E-state index contributed by atoms with van der Waals surface area (Å²) < 4.78 is 0. The van der Waals surface area contributed by atoms with Gasteiger partial charge in [-0.3, -0.25) is 20.4 Å². The number of anilines is 2. The van der Waals surface area contributed by atoms with Gasteiger partial charge >= 0.3 is 0 Å². The van der Waals surface area contributed by atoms with E-state index in [-0.39, 0.29) is 17.7 Å². The number of ketones is 1. The number of allylic oxidation sites excluding steroid dienone is 6. The van der Waals surface area contributed by atoms with Crippen LogP contribution in [-0.2, 0) is 9.59 Å². The topological polar surface area (TPSA) is 64.7 Å². The largest absolute Gasteiger partial charge is 0.345 e. The van der Waals surface area contributed by atoms with Crippen LogP contribution in [0.25, 0.3) is 0 Å². The predicted molar refractivity (Wildman–Crippen MR) is 112 cm³/mol. The van der Waals surface area contributed by atoms with Gasteiger partial charge in [-0.1, -0.05) is 36.4 Å². The summed E-state index contributed by atoms with van der Waals surface area (Å²) in [6.45, 7) is 1.96. The van der Waals surface area contributed by atoms with Crippen LogP contribution in [0.1, 0.15) is 6.92 Å². The monoisotopic (exact) mass is 384 g/mol. The summed E-state index contributed by atoms with van der Waals surface area (Å²) in [5.74, 6) is -0.0761. The summed E-state index contributed by atoms with van der Waals surface area (Å²) >= 11 is 0. The van der Waals surface area contributed by atoms with Crippen LogP contribution in [-0.4, -0.2) is 28.1 Å². The molecule has 2 atom stereocenters. The zero-order valence-corrected chi connectivity index (χ0v) is 15.9. The zero-order valence-electron chi connectivity index (χ0n) is 15.9. The smallest absolute Gasteiger partial charge is 0.214 e. The standard InChI is InChI=1S/C23H20N4O2/c1-15-10-16(12-26-13-17(14-28)18-6-2-5-9-21(18)26)23(29)22(11-15)27-24-19-7-3-4-8-20(19)25-27/h2-14,18,21,24-25H,1H3. The molecular formula is C23H20N4O2. The Morgan fingerprint density at radius 2 is 1.76 bits per heavy atom. The van der Waals surface area contributed by atoms with E-state index in [2.05, 4.69) is 16.9 Å². The van der Waals surface area contributed by atoms with Crippen LogP contribution in [0.15, 0.2) is 95.5 Å². The zero-order chi connectivity index (χ0) is 20.0. The van der Waals surface area contributed by atoms with Gasteiger partial charge in [-0.25, -0.2) is 0 Å². The van der Waals surface area contributed by atoms with Crippen LogP contribution in [0, 0.1) is 5.92 Å². The molecule has 0 bridgehead atoms. The van der Waals surface area contributed by atoms with Crippen molar-refractivity contribution in [1.29, 1.82) is 0 Å². The summed E-state index contributed by atoms with van der Waals surface area (Å²) in [6.07, 6.45) is 16.3. The molecule has 0 spiro atoms. The molecule has 144 valence electrons. The van der Waals surface area contributed by atoms with Crippen LogP contribution in [0.3, 0.4) is 0 Å². The maximum Gasteiger partial charge on any atom is 0.214 e. The number of Topliss-reactive ketones (excluding diaryl/α,β-unsaturated/α-hetero) is 1. The minimum absolute atomic E-state index is 0.0100. The highest BCUT2D eigenvalue weighted by Gasteiger charge is 2.34. The van der Waals surface area contributed by atoms with Crippen LogP contribution >= 0.6 is 0 Å². The summed E-state index contributed by atoms with van der Waals surface area (Å²) in [5, 5.41) is 1.65. The Balaban J connectivity index is 1.44. The molecule has 0 fully saturated rings. The van der Waals surface area contributed by atoms with E-state index in [4.69, 9.17) is 0 Å². The molecule has 2 N–H and O–H groups in total. The lowest BCUT2D eigenvalue weighted by atomic mass is 9.91. The number of fused-ring (bicyclic) bond motifs is 2. The molecule has 6 nitrogen and oxygen atoms in total. The minimum Gasteiger partial charge on any atom is -0.345 e. The second-order valence-corrected chi connectivity index (χ2v) is 7.42. The number of carbonyl (C=O) groups excluding carboxylic acids is 2. The van der Waals surface area contributed by atoms with Crippen molar-refractivity contribution in [3.63, 3.8) is 0 Å². The van der Waals surface area contributed by atoms with Gasteiger partial charge in [-0.2, -0.15) is 5.12 Å². The number of hydrazine groups is 2. The fourth-order valence-electron chi connectivity index (χ4n) is 4.04. The first kappa shape index (κ1) is 17.3. The molecule has 0 radical (unpaired) electrons. The van der Waals surface area contributed by atoms with Crippen molar-refractivity contribution < 1.29 is 9.59 Å². The van der Waals surface area contributed by atoms with E-state index in [1.807, 2.05) is 78.9 Å². The normalized spacial score (nSPS) is 25.8. The first-order chi connectivity index (χ1) is 14.1. The predicted octanol–water partition coefficient (Wildman–Crippen LogP) is 3.46. The summed E-state index contributed by atoms with van der Waals surface area (Å²) in [7, 11) is 0. The molecule has 4 aliphatic rings. The number of nitrogens with one attached hydrogen (secondary N) is 2. The molecule has 2 aliphatic carbocycles. The third kappa shape index (κ3) is 2.89. The molecule has 1 aromatic rings. The maximum atomic E-state index is 13.3. The van der Waals surface area contributed by atoms with Gasteiger partial charge in [-0.15, -0.1) is 0 Å². The highest BCUT2D eigenvalue weighted by molar-refractivity contribution is 6.11. The molecule has 0 saturated heterocycles. The van der Waals surface area contributed by atoms with Gasteiger partial charge in [0, 0.05) is 29.5 Å². The highest BCUT2D eigenvalue weighted by Crippen LogP contribution is 2.35. The number of benzene rings is 1. The summed E-state index contributed by atoms with van der Waals surface area (Å²) in [4.78, 5) is 26.7. The van der Waals surface area contributed by atoms with Gasteiger partial charge in [0.1, 0.15) is 12.0 Å². The Morgan fingerprint density at radius 3 is 2.48 bits per heavy atom. The van der Waals surface area contributed by atoms with Gasteiger partial charge in [0.2, 0.25) is 5.78 Å². The molecule has 6 heteroatoms. The molecule has 2 aliphatic heterocycles. The lowest BCUT2D eigenvalue weighted by Gasteiger charge is -2.27. The van der Waals surface area contributed by atoms with E-state index < -0.39 is 0 Å². The molecule has 0 aromatic heterocycles. The number of para-hydroxylation sites is 2. The third-order valence-corrected chi connectivity index (χ3v) is 5.43. The second kappa shape index (κ2) is 6.67. The molecule has 5 rings (SSSR count). The quantitative estimate of drug-likeness (QED) is 0.615. The van der Waals surface area contributed by atoms with Crippen molar-refractivity contribution in [3.8, 4) is 0 Å². The lowest BCUT2D eigenvalue weighted by molar-refractivity contribution is -0.113. The van der Waals surface area contributed by atoms with Crippen molar-refractivity contribution in [2.24, 2.45) is 5.92 Å². The maximum absolute atomic E-state index is 13.3. The lowest BCUT2D eigenvalue weighted by Crippen LogP contribution is -2.35. The first-order valence-electron chi connectivity index (χ1n) is 9.52. The van der Waals surface area contributed by atoms with E-state index in [9.17, 15) is 9.59 Å². The fraction of sp³-hybridized carbons (Fsp3) is 0.130. The molecule has 0 amide bonds. The number of carbonyl (C=O) groups is 2. The van der Waals surface area contributed by atoms with Gasteiger partial charge in [0.15, 0.2) is 0 Å². The average molecular weight is 384 g/mol. The van der Waals surface area contributed by atoms with Crippen molar-refractivity contribution in [3.05, 3.63) is 95.5 Å². The van der Waals surface area contributed by atoms with E-state index in [0.717, 1.165) is 23.2 Å². The second-order valence-electron chi connectivity index (χ2n) is 7.42. The number of aldehydes is 1. The van der Waals surface area contributed by atoms with Crippen LogP contribution in [0.5, 0.6) is 0 Å². The van der Waals surface area contributed by atoms with Gasteiger partial charge < -0.3 is 4.90 Å². The first-order valence-corrected chi connectivity index (χ1v) is 9.52. The van der Waals surface area contributed by atoms with Crippen molar-refractivity contribution >= 4 is 23.4 Å². The molecule has 2 heterocycles. The third-order valence-electron chi connectivity index (χ3n) is 5.43. The Kier molecular flexibility index (Phi) is 3.98. The summed E-state index contributed by atoms with van der Waals surface area (Å²) in [6, 6.07) is 7.80. The van der Waals surface area contributed by atoms with E-state index >= 15 is 0 Å². The molecule has 29 heavy (non-hydrogen) atoms. The van der Waals surface area contributed by atoms with E-state index in [1.165, 1.54) is 0 Å². The number of rotatable bonds is 3. The van der Waals surface area contributed by atoms with Gasteiger partial charge in [0.25, 0.3) is 0 Å². The number of hydrogen-bond acceptors (Lipinski definition) is 6. The Hall–Kier alpha value is -3.80. The van der Waals surface area contributed by atoms with Gasteiger partial charge in [0.05, 0.1) is 17.4 Å². The average Bonchev–Trinajstić information content (AvgIpc) is 3.32. The van der Waals surface area contributed by atoms with E-state index in [0.29, 0.717) is 16.8 Å². The van der Waals surface area contributed by atoms with Crippen molar-refractivity contribution in [1.82, 2.24) is 10.0 Å². The summed E-state index contributed by atoms with van der Waals surface area (Å²) in [5.41, 5.74) is 11.0. The fourth-order valence-corrected chi connectivity index (χ4v) is 4.04. The molecule has 0 saturated carbocycles. The molecular weight excluding hydrogens is 364 g/mol. The van der Waals surface area contributed by atoms with Crippen LogP contribution in [0.2, 0.25) is 0 Å². The molecule has 1 aromatic carbocycles. The Morgan fingerprint density at radius 1 is 1.03 bits per heavy atom. The SMILES string of the molecule is CC1=CC(=CN2C=C(C=O)C3C=CC=CC32)C(=O)C(N2Nc3ccccc3N2)=C1. The Labute approximate surface area is 168 Å².